The number of aryl methyl sites for hydroxylation is 1. The molecule has 0 radical (unpaired) electrons. The first-order valence-electron chi connectivity index (χ1n) is 9.28. The van der Waals surface area contributed by atoms with Crippen LogP contribution in [0.5, 0.6) is 17.4 Å². The Hall–Kier alpha value is -2.40. The lowest BCUT2D eigenvalue weighted by Gasteiger charge is -2.12. The highest BCUT2D eigenvalue weighted by molar-refractivity contribution is 14.0. The molecule has 3 rings (SSSR count). The van der Waals surface area contributed by atoms with Crippen molar-refractivity contribution in [3.8, 4) is 17.4 Å². The highest BCUT2D eigenvalue weighted by Crippen LogP contribution is 2.22. The molecule has 3 aromatic rings. The number of hydrogen-bond donors (Lipinski definition) is 2. The van der Waals surface area contributed by atoms with E-state index in [4.69, 9.17) is 9.47 Å². The van der Waals surface area contributed by atoms with Crippen molar-refractivity contribution >= 4 is 41.3 Å². The Balaban J connectivity index is 0.00000320. The zero-order valence-corrected chi connectivity index (χ0v) is 20.4. The number of hydrogen-bond acceptors (Lipinski definition) is 6. The SMILES string of the molecule is CN=C(NCCc1csc(C)n1)NCc1ccc(Oc2ccc(OC)cc2)nc1.I. The lowest BCUT2D eigenvalue weighted by molar-refractivity contribution is 0.412. The Morgan fingerprint density at radius 1 is 1.10 bits per heavy atom. The van der Waals surface area contributed by atoms with Crippen molar-refractivity contribution in [2.45, 2.75) is 19.9 Å². The number of benzene rings is 1. The maximum Gasteiger partial charge on any atom is 0.219 e. The largest absolute Gasteiger partial charge is 0.497 e. The molecule has 2 N–H and O–H groups in total. The minimum Gasteiger partial charge on any atom is -0.497 e. The number of rotatable bonds is 8. The van der Waals surface area contributed by atoms with Gasteiger partial charge in [0, 0.05) is 44.2 Å². The van der Waals surface area contributed by atoms with Crippen LogP contribution in [0.2, 0.25) is 0 Å². The molecule has 160 valence electrons. The Bertz CT molecular complexity index is 929. The molecule has 0 saturated carbocycles. The van der Waals surface area contributed by atoms with E-state index >= 15 is 0 Å². The van der Waals surface area contributed by atoms with Crippen molar-refractivity contribution in [3.63, 3.8) is 0 Å². The van der Waals surface area contributed by atoms with Crippen molar-refractivity contribution < 1.29 is 9.47 Å². The fraction of sp³-hybridized carbons (Fsp3) is 0.286. The second kappa shape index (κ2) is 12.3. The second-order valence-electron chi connectivity index (χ2n) is 6.24. The summed E-state index contributed by atoms with van der Waals surface area (Å²) in [6.07, 6.45) is 2.65. The fourth-order valence-corrected chi connectivity index (χ4v) is 3.23. The van der Waals surface area contributed by atoms with Crippen LogP contribution < -0.4 is 20.1 Å². The molecule has 0 aliphatic carbocycles. The molecular formula is C21H26IN5O2S. The van der Waals surface area contributed by atoms with Crippen LogP contribution in [0.15, 0.2) is 53.0 Å². The third-order valence-electron chi connectivity index (χ3n) is 4.10. The normalized spacial score (nSPS) is 10.8. The lowest BCUT2D eigenvalue weighted by atomic mass is 10.3. The molecule has 0 saturated heterocycles. The van der Waals surface area contributed by atoms with E-state index in [1.165, 1.54) is 0 Å². The van der Waals surface area contributed by atoms with Gasteiger partial charge in [0.1, 0.15) is 11.5 Å². The zero-order valence-electron chi connectivity index (χ0n) is 17.2. The van der Waals surface area contributed by atoms with Crippen LogP contribution in [-0.4, -0.2) is 36.6 Å². The van der Waals surface area contributed by atoms with E-state index in [-0.39, 0.29) is 24.0 Å². The standard InChI is InChI=1S/C21H25N5O2S.HI/c1-15-26-17(14-29-15)10-11-23-21(22-2)25-13-16-4-9-20(24-12-16)28-19-7-5-18(27-3)6-8-19;/h4-9,12,14H,10-11,13H2,1-3H3,(H2,22,23,25);1H. The molecule has 0 aliphatic rings. The van der Waals surface area contributed by atoms with Gasteiger partial charge in [-0.05, 0) is 36.8 Å². The number of nitrogens with one attached hydrogen (secondary N) is 2. The number of thiazole rings is 1. The number of aliphatic imine (C=N–C) groups is 1. The van der Waals surface area contributed by atoms with Gasteiger partial charge in [-0.3, -0.25) is 4.99 Å². The van der Waals surface area contributed by atoms with E-state index in [2.05, 4.69) is 31.0 Å². The number of aromatic nitrogens is 2. The third-order valence-corrected chi connectivity index (χ3v) is 4.93. The molecule has 2 aromatic heterocycles. The molecule has 1 aromatic carbocycles. The van der Waals surface area contributed by atoms with E-state index in [0.29, 0.717) is 18.2 Å². The van der Waals surface area contributed by atoms with Gasteiger partial charge in [-0.1, -0.05) is 6.07 Å². The van der Waals surface area contributed by atoms with Crippen molar-refractivity contribution in [2.24, 2.45) is 4.99 Å². The smallest absolute Gasteiger partial charge is 0.219 e. The summed E-state index contributed by atoms with van der Waals surface area (Å²) in [5.41, 5.74) is 2.14. The number of guanidine groups is 1. The molecule has 2 heterocycles. The van der Waals surface area contributed by atoms with Gasteiger partial charge in [0.05, 0.1) is 17.8 Å². The second-order valence-corrected chi connectivity index (χ2v) is 7.30. The van der Waals surface area contributed by atoms with Crippen molar-refractivity contribution in [1.82, 2.24) is 20.6 Å². The highest BCUT2D eigenvalue weighted by atomic mass is 127. The Labute approximate surface area is 198 Å². The summed E-state index contributed by atoms with van der Waals surface area (Å²) in [5.74, 6) is 2.79. The first-order chi connectivity index (χ1) is 14.2. The molecular weight excluding hydrogens is 513 g/mol. The van der Waals surface area contributed by atoms with Gasteiger partial charge >= 0.3 is 0 Å². The minimum absolute atomic E-state index is 0. The molecule has 0 unspecified atom stereocenters. The van der Waals surface area contributed by atoms with Gasteiger partial charge in [-0.2, -0.15) is 0 Å². The van der Waals surface area contributed by atoms with Crippen LogP contribution in [0.25, 0.3) is 0 Å². The van der Waals surface area contributed by atoms with E-state index in [1.807, 2.05) is 43.3 Å². The molecule has 0 fully saturated rings. The number of halogens is 1. The summed E-state index contributed by atoms with van der Waals surface area (Å²) < 4.78 is 10.9. The summed E-state index contributed by atoms with van der Waals surface area (Å²) in [7, 11) is 3.39. The summed E-state index contributed by atoms with van der Waals surface area (Å²) in [5, 5.41) is 9.77. The Morgan fingerprint density at radius 3 is 2.47 bits per heavy atom. The minimum atomic E-state index is 0. The van der Waals surface area contributed by atoms with Gasteiger partial charge in [-0.25, -0.2) is 9.97 Å². The van der Waals surface area contributed by atoms with E-state index < -0.39 is 0 Å². The molecule has 9 heteroatoms. The van der Waals surface area contributed by atoms with Gasteiger partial charge in [0.2, 0.25) is 5.88 Å². The summed E-state index contributed by atoms with van der Waals surface area (Å²) in [4.78, 5) is 13.1. The van der Waals surface area contributed by atoms with Crippen molar-refractivity contribution in [1.29, 1.82) is 0 Å². The van der Waals surface area contributed by atoms with Gasteiger partial charge in [-0.15, -0.1) is 35.3 Å². The molecule has 7 nitrogen and oxygen atoms in total. The summed E-state index contributed by atoms with van der Waals surface area (Å²) in [6, 6.07) is 11.2. The number of nitrogens with zero attached hydrogens (tertiary/aromatic N) is 3. The summed E-state index contributed by atoms with van der Waals surface area (Å²) >= 11 is 1.67. The predicted octanol–water partition coefficient (Wildman–Crippen LogP) is 4.17. The zero-order chi connectivity index (χ0) is 20.5. The molecule has 30 heavy (non-hydrogen) atoms. The maximum atomic E-state index is 5.75. The number of pyridine rings is 1. The molecule has 0 spiro atoms. The predicted molar refractivity (Wildman–Crippen MR) is 131 cm³/mol. The van der Waals surface area contributed by atoms with E-state index in [1.54, 1.807) is 31.7 Å². The van der Waals surface area contributed by atoms with Crippen LogP contribution in [0.1, 0.15) is 16.3 Å². The van der Waals surface area contributed by atoms with Crippen LogP contribution >= 0.6 is 35.3 Å². The van der Waals surface area contributed by atoms with Crippen LogP contribution in [0, 0.1) is 6.92 Å². The average Bonchev–Trinajstić information content (AvgIpc) is 3.17. The Kier molecular flexibility index (Phi) is 9.81. The molecule has 0 amide bonds. The van der Waals surface area contributed by atoms with Gasteiger partial charge < -0.3 is 20.1 Å². The third kappa shape index (κ3) is 7.45. The monoisotopic (exact) mass is 539 g/mol. The van der Waals surface area contributed by atoms with Crippen molar-refractivity contribution in [2.75, 3.05) is 20.7 Å². The van der Waals surface area contributed by atoms with E-state index in [0.717, 1.165) is 40.9 Å². The van der Waals surface area contributed by atoms with E-state index in [9.17, 15) is 0 Å². The van der Waals surface area contributed by atoms with Crippen LogP contribution in [0.3, 0.4) is 0 Å². The first kappa shape index (κ1) is 23.9. The van der Waals surface area contributed by atoms with Crippen LogP contribution in [-0.2, 0) is 13.0 Å². The number of methoxy groups -OCH3 is 1. The van der Waals surface area contributed by atoms with Crippen LogP contribution in [0.4, 0.5) is 0 Å². The Morgan fingerprint density at radius 2 is 1.87 bits per heavy atom. The maximum absolute atomic E-state index is 5.75. The average molecular weight is 539 g/mol. The highest BCUT2D eigenvalue weighted by Gasteiger charge is 2.03. The molecule has 0 aliphatic heterocycles. The first-order valence-corrected chi connectivity index (χ1v) is 10.2. The lowest BCUT2D eigenvalue weighted by Crippen LogP contribution is -2.37. The van der Waals surface area contributed by atoms with Gasteiger partial charge in [0.25, 0.3) is 0 Å². The topological polar surface area (TPSA) is 80.7 Å². The van der Waals surface area contributed by atoms with Gasteiger partial charge in [0.15, 0.2) is 5.96 Å². The molecule has 0 bridgehead atoms. The molecule has 0 atom stereocenters. The van der Waals surface area contributed by atoms with Crippen molar-refractivity contribution in [3.05, 3.63) is 64.2 Å². The summed E-state index contributed by atoms with van der Waals surface area (Å²) in [6.45, 7) is 3.41. The number of ether oxygens (including phenoxy) is 2. The fourth-order valence-electron chi connectivity index (χ4n) is 2.58. The quantitative estimate of drug-likeness (QED) is 0.254.